The maximum absolute atomic E-state index is 12.1. The van der Waals surface area contributed by atoms with E-state index in [4.69, 9.17) is 11.6 Å². The number of carbonyl (C=O) groups is 1. The minimum Gasteiger partial charge on any atom is -0.328 e. The lowest BCUT2D eigenvalue weighted by Gasteiger charge is -2.23. The number of nitrogens with zero attached hydrogens (tertiary/aromatic N) is 4. The van der Waals surface area contributed by atoms with Crippen molar-refractivity contribution in [2.75, 3.05) is 5.32 Å². The quantitative estimate of drug-likeness (QED) is 0.660. The number of hydrogen-bond donors (Lipinski definition) is 2. The van der Waals surface area contributed by atoms with Crippen molar-refractivity contribution in [3.63, 3.8) is 0 Å². The van der Waals surface area contributed by atoms with Crippen LogP contribution >= 0.6 is 11.6 Å². The van der Waals surface area contributed by atoms with E-state index in [-0.39, 0.29) is 22.4 Å². The van der Waals surface area contributed by atoms with Gasteiger partial charge in [0.2, 0.25) is 0 Å². The van der Waals surface area contributed by atoms with Crippen molar-refractivity contribution in [1.29, 1.82) is 0 Å². The van der Waals surface area contributed by atoms with Crippen LogP contribution in [0.15, 0.2) is 24.5 Å². The van der Waals surface area contributed by atoms with Gasteiger partial charge in [0.05, 0.1) is 21.7 Å². The first kappa shape index (κ1) is 15.2. The summed E-state index contributed by atoms with van der Waals surface area (Å²) in [5, 5.41) is 20.4. The van der Waals surface area contributed by atoms with E-state index in [1.165, 1.54) is 24.5 Å². The molecular weight excluding hydrogens is 324 g/mol. The minimum absolute atomic E-state index is 0.151. The largest absolute Gasteiger partial charge is 0.328 e. The number of anilines is 1. The summed E-state index contributed by atoms with van der Waals surface area (Å²) >= 11 is 5.96. The van der Waals surface area contributed by atoms with Crippen molar-refractivity contribution in [2.45, 2.75) is 25.4 Å². The fraction of sp³-hybridized carbons (Fsp3) is 0.308. The molecule has 2 amide bonds. The standard InChI is InChI=1S/C13H13ClN6O3/c14-9-4-3-8(20(22)23)6-11(9)18-13(21)17-10-2-1-5-19-12(10)15-7-16-19/h3-4,6-7,10H,1-2,5H2,(H2,17,18,21). The Kier molecular flexibility index (Phi) is 4.11. The van der Waals surface area contributed by atoms with Gasteiger partial charge in [0.1, 0.15) is 12.2 Å². The molecule has 0 spiro atoms. The second-order valence-electron chi connectivity index (χ2n) is 5.06. The van der Waals surface area contributed by atoms with E-state index in [0.717, 1.165) is 19.4 Å². The molecule has 3 rings (SSSR count). The van der Waals surface area contributed by atoms with E-state index in [9.17, 15) is 14.9 Å². The van der Waals surface area contributed by atoms with E-state index in [1.54, 1.807) is 4.68 Å². The van der Waals surface area contributed by atoms with Crippen molar-refractivity contribution in [3.05, 3.63) is 45.5 Å². The first-order valence-corrected chi connectivity index (χ1v) is 7.31. The molecule has 1 aromatic heterocycles. The number of aryl methyl sites for hydroxylation is 1. The number of nitro groups is 1. The number of carbonyl (C=O) groups excluding carboxylic acids is 1. The first-order valence-electron chi connectivity index (χ1n) is 6.94. The SMILES string of the molecule is O=C(Nc1cc([N+](=O)[O-])ccc1Cl)NC1CCCn2ncnc21. The average molecular weight is 337 g/mol. The average Bonchev–Trinajstić information content (AvgIpc) is 2.99. The Morgan fingerprint density at radius 3 is 3.09 bits per heavy atom. The van der Waals surface area contributed by atoms with Gasteiger partial charge in [0.15, 0.2) is 0 Å². The van der Waals surface area contributed by atoms with Gasteiger partial charge in [-0.05, 0) is 18.9 Å². The normalized spacial score (nSPS) is 16.5. The summed E-state index contributed by atoms with van der Waals surface area (Å²) in [7, 11) is 0. The molecular formula is C13H13ClN6O3. The minimum atomic E-state index is -0.553. The van der Waals surface area contributed by atoms with Gasteiger partial charge in [-0.1, -0.05) is 11.6 Å². The van der Waals surface area contributed by atoms with Crippen molar-refractivity contribution in [1.82, 2.24) is 20.1 Å². The predicted molar refractivity (Wildman–Crippen MR) is 82.3 cm³/mol. The van der Waals surface area contributed by atoms with Crippen LogP contribution in [-0.4, -0.2) is 25.7 Å². The Bertz CT molecular complexity index is 762. The molecule has 0 radical (unpaired) electrons. The number of fused-ring (bicyclic) bond motifs is 1. The highest BCUT2D eigenvalue weighted by Gasteiger charge is 2.24. The zero-order valence-electron chi connectivity index (χ0n) is 11.9. The molecule has 0 fully saturated rings. The number of aromatic nitrogens is 3. The summed E-state index contributed by atoms with van der Waals surface area (Å²) in [6.45, 7) is 0.770. The molecule has 0 bridgehead atoms. The molecule has 120 valence electrons. The maximum Gasteiger partial charge on any atom is 0.319 e. The molecule has 1 aromatic carbocycles. The summed E-state index contributed by atoms with van der Waals surface area (Å²) < 4.78 is 1.74. The molecule has 2 N–H and O–H groups in total. The third-order valence-electron chi connectivity index (χ3n) is 3.53. The Morgan fingerprint density at radius 1 is 1.48 bits per heavy atom. The van der Waals surface area contributed by atoms with Gasteiger partial charge < -0.3 is 10.6 Å². The monoisotopic (exact) mass is 336 g/mol. The van der Waals surface area contributed by atoms with E-state index in [1.807, 2.05) is 0 Å². The molecule has 1 aliphatic heterocycles. The highest BCUT2D eigenvalue weighted by molar-refractivity contribution is 6.33. The van der Waals surface area contributed by atoms with Crippen LogP contribution in [0.1, 0.15) is 24.7 Å². The molecule has 9 nitrogen and oxygen atoms in total. The van der Waals surface area contributed by atoms with Gasteiger partial charge in [-0.15, -0.1) is 0 Å². The summed E-state index contributed by atoms with van der Waals surface area (Å²) in [6, 6.07) is 3.09. The molecule has 1 unspecified atom stereocenters. The third kappa shape index (κ3) is 3.24. The van der Waals surface area contributed by atoms with Crippen LogP contribution < -0.4 is 10.6 Å². The molecule has 23 heavy (non-hydrogen) atoms. The van der Waals surface area contributed by atoms with Crippen LogP contribution in [0, 0.1) is 10.1 Å². The van der Waals surface area contributed by atoms with Gasteiger partial charge in [0.25, 0.3) is 5.69 Å². The number of nitrogens with one attached hydrogen (secondary N) is 2. The Hall–Kier alpha value is -2.68. The van der Waals surface area contributed by atoms with Crippen LogP contribution in [0.25, 0.3) is 0 Å². The summed E-state index contributed by atoms with van der Waals surface area (Å²) in [6.07, 6.45) is 3.07. The number of benzene rings is 1. The number of non-ortho nitro benzene ring substituents is 1. The lowest BCUT2D eigenvalue weighted by atomic mass is 10.1. The summed E-state index contributed by atoms with van der Waals surface area (Å²) in [5.74, 6) is 0.691. The fourth-order valence-corrected chi connectivity index (χ4v) is 2.63. The lowest BCUT2D eigenvalue weighted by molar-refractivity contribution is -0.384. The van der Waals surface area contributed by atoms with Crippen molar-refractivity contribution in [2.24, 2.45) is 0 Å². The molecule has 0 aliphatic carbocycles. The number of rotatable bonds is 3. The van der Waals surface area contributed by atoms with Crippen molar-refractivity contribution in [3.8, 4) is 0 Å². The third-order valence-corrected chi connectivity index (χ3v) is 3.86. The number of nitro benzene ring substituents is 1. The van der Waals surface area contributed by atoms with Crippen LogP contribution in [0.4, 0.5) is 16.2 Å². The molecule has 2 heterocycles. The molecule has 2 aromatic rings. The highest BCUT2D eigenvalue weighted by atomic mass is 35.5. The Labute approximate surface area is 135 Å². The van der Waals surface area contributed by atoms with Gasteiger partial charge in [-0.25, -0.2) is 14.5 Å². The second-order valence-corrected chi connectivity index (χ2v) is 5.46. The highest BCUT2D eigenvalue weighted by Crippen LogP contribution is 2.27. The molecule has 10 heteroatoms. The molecule has 0 saturated carbocycles. The zero-order valence-corrected chi connectivity index (χ0v) is 12.7. The number of halogens is 1. The second kappa shape index (κ2) is 6.21. The van der Waals surface area contributed by atoms with E-state index < -0.39 is 11.0 Å². The summed E-state index contributed by atoms with van der Waals surface area (Å²) in [5.41, 5.74) is 0.0257. The topological polar surface area (TPSA) is 115 Å². The first-order chi connectivity index (χ1) is 11.0. The summed E-state index contributed by atoms with van der Waals surface area (Å²) in [4.78, 5) is 26.5. The lowest BCUT2D eigenvalue weighted by Crippen LogP contribution is -2.36. The van der Waals surface area contributed by atoms with Gasteiger partial charge in [-0.2, -0.15) is 5.10 Å². The zero-order chi connectivity index (χ0) is 16.4. The number of hydrogen-bond acceptors (Lipinski definition) is 5. The molecule has 1 atom stereocenters. The van der Waals surface area contributed by atoms with Gasteiger partial charge >= 0.3 is 6.03 Å². The van der Waals surface area contributed by atoms with Crippen LogP contribution in [0.2, 0.25) is 5.02 Å². The smallest absolute Gasteiger partial charge is 0.319 e. The van der Waals surface area contributed by atoms with Crippen LogP contribution in [0.5, 0.6) is 0 Å². The van der Waals surface area contributed by atoms with E-state index in [0.29, 0.717) is 5.82 Å². The van der Waals surface area contributed by atoms with Crippen molar-refractivity contribution >= 4 is 29.0 Å². The molecule has 1 aliphatic rings. The van der Waals surface area contributed by atoms with Crippen LogP contribution in [-0.2, 0) is 6.54 Å². The Morgan fingerprint density at radius 2 is 2.30 bits per heavy atom. The number of urea groups is 1. The maximum atomic E-state index is 12.1. The van der Waals surface area contributed by atoms with Gasteiger partial charge in [-0.3, -0.25) is 10.1 Å². The van der Waals surface area contributed by atoms with E-state index >= 15 is 0 Å². The number of amides is 2. The predicted octanol–water partition coefficient (Wildman–Crippen LogP) is 2.50. The Balaban J connectivity index is 1.71. The van der Waals surface area contributed by atoms with E-state index in [2.05, 4.69) is 20.7 Å². The van der Waals surface area contributed by atoms with Crippen molar-refractivity contribution < 1.29 is 9.72 Å². The fourth-order valence-electron chi connectivity index (χ4n) is 2.47. The molecule has 0 saturated heterocycles. The van der Waals surface area contributed by atoms with Crippen LogP contribution in [0.3, 0.4) is 0 Å². The van der Waals surface area contributed by atoms with Gasteiger partial charge in [0, 0.05) is 18.7 Å².